The van der Waals surface area contributed by atoms with E-state index < -0.39 is 15.9 Å². The van der Waals surface area contributed by atoms with Crippen LogP contribution in [0.1, 0.15) is 23.7 Å². The third-order valence-corrected chi connectivity index (χ3v) is 4.50. The van der Waals surface area contributed by atoms with Crippen molar-refractivity contribution in [1.82, 2.24) is 10.3 Å². The standard InChI is InChI=1S/C17H20N2O5S/c1-3-11-24-15-10-9-13(12-16(15)23-2)17(20)18-19-25(21,22)14-7-5-4-6-8-14/h4-10,12,19H,3,11H2,1-2H3,(H,18,20). The predicted octanol–water partition coefficient (Wildman–Crippen LogP) is 2.11. The second-order valence-corrected chi connectivity index (χ2v) is 6.77. The highest BCUT2D eigenvalue weighted by molar-refractivity contribution is 7.89. The fourth-order valence-corrected chi connectivity index (χ4v) is 2.84. The Balaban J connectivity index is 2.08. The zero-order valence-corrected chi connectivity index (χ0v) is 14.8. The molecule has 0 unspecified atom stereocenters. The Bertz CT molecular complexity index is 822. The van der Waals surface area contributed by atoms with Crippen LogP contribution in [0.4, 0.5) is 0 Å². The van der Waals surface area contributed by atoms with Gasteiger partial charge < -0.3 is 9.47 Å². The second kappa shape index (κ2) is 8.50. The second-order valence-electron chi connectivity index (χ2n) is 5.09. The van der Waals surface area contributed by atoms with Gasteiger partial charge in [0, 0.05) is 5.56 Å². The molecule has 0 radical (unpaired) electrons. The zero-order valence-electron chi connectivity index (χ0n) is 14.0. The van der Waals surface area contributed by atoms with Gasteiger partial charge >= 0.3 is 0 Å². The number of hydrogen-bond acceptors (Lipinski definition) is 5. The smallest absolute Gasteiger partial charge is 0.266 e. The summed E-state index contributed by atoms with van der Waals surface area (Å²) in [6, 6.07) is 12.4. The summed E-state index contributed by atoms with van der Waals surface area (Å²) in [5, 5.41) is 0. The average Bonchev–Trinajstić information content (AvgIpc) is 2.65. The first kappa shape index (κ1) is 18.8. The molecule has 0 fully saturated rings. The van der Waals surface area contributed by atoms with Gasteiger partial charge in [0.15, 0.2) is 11.5 Å². The van der Waals surface area contributed by atoms with Crippen LogP contribution >= 0.6 is 0 Å². The highest BCUT2D eigenvalue weighted by Crippen LogP contribution is 2.28. The molecule has 134 valence electrons. The van der Waals surface area contributed by atoms with Crippen molar-refractivity contribution in [3.8, 4) is 11.5 Å². The van der Waals surface area contributed by atoms with Gasteiger partial charge in [-0.05, 0) is 36.8 Å². The van der Waals surface area contributed by atoms with Crippen LogP contribution < -0.4 is 19.7 Å². The number of nitrogens with one attached hydrogen (secondary N) is 2. The summed E-state index contributed by atoms with van der Waals surface area (Å²) >= 11 is 0. The molecular formula is C17H20N2O5S. The molecule has 2 aromatic carbocycles. The van der Waals surface area contributed by atoms with Crippen LogP contribution in [0.25, 0.3) is 0 Å². The monoisotopic (exact) mass is 364 g/mol. The number of ether oxygens (including phenoxy) is 2. The van der Waals surface area contributed by atoms with E-state index in [-0.39, 0.29) is 10.5 Å². The van der Waals surface area contributed by atoms with E-state index in [9.17, 15) is 13.2 Å². The van der Waals surface area contributed by atoms with Gasteiger partial charge in [-0.3, -0.25) is 10.2 Å². The molecule has 0 aromatic heterocycles. The van der Waals surface area contributed by atoms with Gasteiger partial charge in [-0.25, -0.2) is 8.42 Å². The Morgan fingerprint density at radius 3 is 2.44 bits per heavy atom. The minimum absolute atomic E-state index is 0.0520. The molecular weight excluding hydrogens is 344 g/mol. The number of rotatable bonds is 8. The first-order valence-electron chi connectivity index (χ1n) is 7.66. The van der Waals surface area contributed by atoms with Crippen LogP contribution in [0.15, 0.2) is 53.4 Å². The predicted molar refractivity (Wildman–Crippen MR) is 93.0 cm³/mol. The van der Waals surface area contributed by atoms with Crippen molar-refractivity contribution in [3.05, 3.63) is 54.1 Å². The maximum atomic E-state index is 12.2. The summed E-state index contributed by atoms with van der Waals surface area (Å²) in [7, 11) is -2.37. The summed E-state index contributed by atoms with van der Waals surface area (Å²) < 4.78 is 34.9. The number of carbonyl (C=O) groups is 1. The summed E-state index contributed by atoms with van der Waals surface area (Å²) in [5.74, 6) is 0.303. The quantitative estimate of drug-likeness (QED) is 0.700. The summed E-state index contributed by atoms with van der Waals surface area (Å²) in [6.07, 6.45) is 0.840. The molecule has 2 aromatic rings. The molecule has 0 spiro atoms. The van der Waals surface area contributed by atoms with E-state index in [0.29, 0.717) is 18.1 Å². The number of hydrazine groups is 1. The maximum Gasteiger partial charge on any atom is 0.266 e. The van der Waals surface area contributed by atoms with E-state index in [1.165, 1.54) is 31.4 Å². The molecule has 1 amide bonds. The lowest BCUT2D eigenvalue weighted by molar-refractivity contribution is 0.0944. The van der Waals surface area contributed by atoms with Gasteiger partial charge in [-0.1, -0.05) is 25.1 Å². The third kappa shape index (κ3) is 4.94. The van der Waals surface area contributed by atoms with Crippen LogP contribution in [-0.2, 0) is 10.0 Å². The molecule has 0 heterocycles. The van der Waals surface area contributed by atoms with Crippen molar-refractivity contribution in [2.45, 2.75) is 18.2 Å². The largest absolute Gasteiger partial charge is 0.493 e. The Morgan fingerprint density at radius 2 is 1.80 bits per heavy atom. The minimum Gasteiger partial charge on any atom is -0.493 e. The average molecular weight is 364 g/mol. The molecule has 2 N–H and O–H groups in total. The summed E-state index contributed by atoms with van der Waals surface area (Å²) in [5.41, 5.74) is 2.41. The van der Waals surface area contributed by atoms with Crippen molar-refractivity contribution in [3.63, 3.8) is 0 Å². The Labute approximate surface area is 147 Å². The number of hydrogen-bond donors (Lipinski definition) is 2. The lowest BCUT2D eigenvalue weighted by atomic mass is 10.2. The first-order chi connectivity index (χ1) is 12.0. The number of amides is 1. The Hall–Kier alpha value is -2.58. The van der Waals surface area contributed by atoms with Crippen LogP contribution in [0, 0.1) is 0 Å². The molecule has 25 heavy (non-hydrogen) atoms. The molecule has 2 rings (SSSR count). The number of methoxy groups -OCH3 is 1. The van der Waals surface area contributed by atoms with Crippen molar-refractivity contribution in [2.24, 2.45) is 0 Å². The molecule has 0 aliphatic heterocycles. The highest BCUT2D eigenvalue weighted by atomic mass is 32.2. The summed E-state index contributed by atoms with van der Waals surface area (Å²) in [6.45, 7) is 2.51. The van der Waals surface area contributed by atoms with Crippen LogP contribution in [-0.4, -0.2) is 28.0 Å². The zero-order chi connectivity index (χ0) is 18.3. The number of benzene rings is 2. The van der Waals surface area contributed by atoms with E-state index >= 15 is 0 Å². The van der Waals surface area contributed by atoms with Gasteiger partial charge in [-0.15, -0.1) is 4.83 Å². The topological polar surface area (TPSA) is 93.7 Å². The molecule has 0 aliphatic rings. The van der Waals surface area contributed by atoms with Gasteiger partial charge in [0.25, 0.3) is 15.9 Å². The molecule has 0 aliphatic carbocycles. The van der Waals surface area contributed by atoms with Crippen LogP contribution in [0.5, 0.6) is 11.5 Å². The molecule has 7 nitrogen and oxygen atoms in total. The van der Waals surface area contributed by atoms with Gasteiger partial charge in [-0.2, -0.15) is 0 Å². The van der Waals surface area contributed by atoms with E-state index in [1.54, 1.807) is 24.3 Å². The molecule has 8 heteroatoms. The van der Waals surface area contributed by atoms with Gasteiger partial charge in [0.1, 0.15) is 0 Å². The molecule has 0 atom stereocenters. The molecule has 0 saturated carbocycles. The fraction of sp³-hybridized carbons (Fsp3) is 0.235. The number of carbonyl (C=O) groups excluding carboxylic acids is 1. The van der Waals surface area contributed by atoms with E-state index in [1.807, 2.05) is 6.92 Å². The van der Waals surface area contributed by atoms with Crippen molar-refractivity contribution in [2.75, 3.05) is 13.7 Å². The van der Waals surface area contributed by atoms with E-state index in [0.717, 1.165) is 6.42 Å². The van der Waals surface area contributed by atoms with Crippen LogP contribution in [0.3, 0.4) is 0 Å². The Morgan fingerprint density at radius 1 is 1.08 bits per heavy atom. The van der Waals surface area contributed by atoms with Gasteiger partial charge in [0.2, 0.25) is 0 Å². The van der Waals surface area contributed by atoms with E-state index in [2.05, 4.69) is 10.3 Å². The molecule has 0 bridgehead atoms. The van der Waals surface area contributed by atoms with Crippen molar-refractivity contribution < 1.29 is 22.7 Å². The van der Waals surface area contributed by atoms with Gasteiger partial charge in [0.05, 0.1) is 18.6 Å². The SMILES string of the molecule is CCCOc1ccc(C(=O)NNS(=O)(=O)c2ccccc2)cc1OC. The lowest BCUT2D eigenvalue weighted by Gasteiger charge is -2.12. The third-order valence-electron chi connectivity index (χ3n) is 3.24. The summed E-state index contributed by atoms with van der Waals surface area (Å²) in [4.78, 5) is 14.3. The Kier molecular flexibility index (Phi) is 6.37. The minimum atomic E-state index is -3.84. The number of sulfonamides is 1. The highest BCUT2D eigenvalue weighted by Gasteiger charge is 2.16. The lowest BCUT2D eigenvalue weighted by Crippen LogP contribution is -2.41. The van der Waals surface area contributed by atoms with Crippen molar-refractivity contribution >= 4 is 15.9 Å². The fourth-order valence-electron chi connectivity index (χ4n) is 1.98. The molecule has 0 saturated heterocycles. The van der Waals surface area contributed by atoms with Crippen molar-refractivity contribution in [1.29, 1.82) is 0 Å². The maximum absolute atomic E-state index is 12.2. The first-order valence-corrected chi connectivity index (χ1v) is 9.14. The van der Waals surface area contributed by atoms with E-state index in [4.69, 9.17) is 9.47 Å². The normalized spacial score (nSPS) is 11.0. The van der Waals surface area contributed by atoms with Crippen LogP contribution in [0.2, 0.25) is 0 Å².